The van der Waals surface area contributed by atoms with Gasteiger partial charge in [-0.3, -0.25) is 4.79 Å². The van der Waals surface area contributed by atoms with Crippen LogP contribution in [0.3, 0.4) is 0 Å². The normalized spacial score (nSPS) is 13.0. The Labute approximate surface area is 145 Å². The number of aromatic nitrogens is 2. The van der Waals surface area contributed by atoms with Crippen LogP contribution >= 0.6 is 0 Å². The summed E-state index contributed by atoms with van der Waals surface area (Å²) in [5.41, 5.74) is 2.65. The molecule has 7 nitrogen and oxygen atoms in total. The second-order valence-electron chi connectivity index (χ2n) is 5.48. The van der Waals surface area contributed by atoms with E-state index in [9.17, 15) is 4.79 Å². The summed E-state index contributed by atoms with van der Waals surface area (Å²) >= 11 is 0. The highest BCUT2D eigenvalue weighted by Crippen LogP contribution is 2.38. The van der Waals surface area contributed by atoms with E-state index in [1.807, 2.05) is 0 Å². The van der Waals surface area contributed by atoms with Gasteiger partial charge in [0.2, 0.25) is 11.7 Å². The van der Waals surface area contributed by atoms with Crippen molar-refractivity contribution in [1.82, 2.24) is 14.9 Å². The quantitative estimate of drug-likeness (QED) is 0.775. The van der Waals surface area contributed by atoms with Crippen LogP contribution in [0.15, 0.2) is 30.7 Å². The van der Waals surface area contributed by atoms with Crippen LogP contribution in [0.25, 0.3) is 6.08 Å². The van der Waals surface area contributed by atoms with Gasteiger partial charge in [-0.05, 0) is 23.8 Å². The second-order valence-corrected chi connectivity index (χ2v) is 5.48. The summed E-state index contributed by atoms with van der Waals surface area (Å²) in [5, 5.41) is 0. The van der Waals surface area contributed by atoms with Crippen molar-refractivity contribution < 1.29 is 19.0 Å². The highest BCUT2D eigenvalue weighted by Gasteiger charge is 2.22. The SMILES string of the molecule is COc1cc(/C=C/C(=O)N2Cc3cncnc3C2)cc(OC)c1OC. The van der Waals surface area contributed by atoms with E-state index in [0.29, 0.717) is 30.3 Å². The third-order valence-electron chi connectivity index (χ3n) is 4.00. The van der Waals surface area contributed by atoms with Crippen LogP contribution in [0.4, 0.5) is 0 Å². The van der Waals surface area contributed by atoms with E-state index in [0.717, 1.165) is 16.8 Å². The summed E-state index contributed by atoms with van der Waals surface area (Å²) in [5.74, 6) is 1.50. The molecule has 0 atom stereocenters. The topological polar surface area (TPSA) is 73.8 Å². The van der Waals surface area contributed by atoms with Crippen LogP contribution in [0.5, 0.6) is 17.2 Å². The summed E-state index contributed by atoms with van der Waals surface area (Å²) in [4.78, 5) is 22.3. The first-order valence-electron chi connectivity index (χ1n) is 7.71. The van der Waals surface area contributed by atoms with Gasteiger partial charge in [-0.1, -0.05) is 0 Å². The fourth-order valence-corrected chi connectivity index (χ4v) is 2.73. The molecule has 1 aromatic carbocycles. The largest absolute Gasteiger partial charge is 0.493 e. The highest BCUT2D eigenvalue weighted by atomic mass is 16.5. The summed E-state index contributed by atoms with van der Waals surface area (Å²) in [6.45, 7) is 1.02. The van der Waals surface area contributed by atoms with E-state index in [1.54, 1.807) is 50.6 Å². The van der Waals surface area contributed by atoms with Crippen molar-refractivity contribution in [2.24, 2.45) is 0 Å². The minimum absolute atomic E-state index is 0.0910. The number of ether oxygens (including phenoxy) is 3. The van der Waals surface area contributed by atoms with Gasteiger partial charge in [0.25, 0.3) is 0 Å². The van der Waals surface area contributed by atoms with E-state index in [1.165, 1.54) is 12.4 Å². The maximum atomic E-state index is 12.4. The Morgan fingerprint density at radius 2 is 1.84 bits per heavy atom. The van der Waals surface area contributed by atoms with E-state index in [-0.39, 0.29) is 5.91 Å². The number of amides is 1. The Kier molecular flexibility index (Phi) is 4.83. The number of hydrogen-bond acceptors (Lipinski definition) is 6. The van der Waals surface area contributed by atoms with Gasteiger partial charge in [0, 0.05) is 24.4 Å². The van der Waals surface area contributed by atoms with Crippen LogP contribution in [0.2, 0.25) is 0 Å². The first-order valence-corrected chi connectivity index (χ1v) is 7.71. The Morgan fingerprint density at radius 3 is 2.44 bits per heavy atom. The molecule has 1 aromatic heterocycles. The van der Waals surface area contributed by atoms with Crippen LogP contribution in [0.1, 0.15) is 16.8 Å². The number of methoxy groups -OCH3 is 3. The Hall–Kier alpha value is -3.09. The molecule has 2 aromatic rings. The Bertz CT molecular complexity index is 770. The Balaban J connectivity index is 1.77. The van der Waals surface area contributed by atoms with Crippen molar-refractivity contribution in [2.45, 2.75) is 13.1 Å². The number of hydrogen-bond donors (Lipinski definition) is 0. The molecule has 0 bridgehead atoms. The fraction of sp³-hybridized carbons (Fsp3) is 0.278. The third-order valence-corrected chi connectivity index (χ3v) is 4.00. The predicted octanol–water partition coefficient (Wildman–Crippen LogP) is 2.06. The molecule has 1 amide bonds. The first-order chi connectivity index (χ1) is 12.2. The molecule has 0 spiro atoms. The van der Waals surface area contributed by atoms with Crippen molar-refractivity contribution in [3.05, 3.63) is 47.6 Å². The fourth-order valence-electron chi connectivity index (χ4n) is 2.73. The molecule has 0 radical (unpaired) electrons. The van der Waals surface area contributed by atoms with Gasteiger partial charge in [0.1, 0.15) is 6.33 Å². The average Bonchev–Trinajstić information content (AvgIpc) is 3.09. The highest BCUT2D eigenvalue weighted by molar-refractivity contribution is 5.92. The van der Waals surface area contributed by atoms with E-state index in [2.05, 4.69) is 9.97 Å². The molecule has 0 fully saturated rings. The molecule has 1 aliphatic heterocycles. The lowest BCUT2D eigenvalue weighted by atomic mass is 10.1. The maximum absolute atomic E-state index is 12.4. The molecule has 0 N–H and O–H groups in total. The zero-order valence-corrected chi connectivity index (χ0v) is 14.4. The smallest absolute Gasteiger partial charge is 0.247 e. The Morgan fingerprint density at radius 1 is 1.12 bits per heavy atom. The van der Waals surface area contributed by atoms with Crippen LogP contribution in [-0.4, -0.2) is 42.1 Å². The van der Waals surface area contributed by atoms with Crippen LogP contribution in [0, 0.1) is 0 Å². The molecule has 1 aliphatic rings. The molecule has 0 saturated carbocycles. The van der Waals surface area contributed by atoms with Crippen molar-refractivity contribution in [1.29, 1.82) is 0 Å². The van der Waals surface area contributed by atoms with Crippen LogP contribution in [-0.2, 0) is 17.9 Å². The number of nitrogens with zero attached hydrogens (tertiary/aromatic N) is 3. The maximum Gasteiger partial charge on any atom is 0.247 e. The molecule has 3 rings (SSSR count). The monoisotopic (exact) mass is 341 g/mol. The molecular formula is C18H19N3O4. The lowest BCUT2D eigenvalue weighted by molar-refractivity contribution is -0.126. The van der Waals surface area contributed by atoms with Gasteiger partial charge >= 0.3 is 0 Å². The van der Waals surface area contributed by atoms with E-state index in [4.69, 9.17) is 14.2 Å². The van der Waals surface area contributed by atoms with Crippen molar-refractivity contribution >= 4 is 12.0 Å². The van der Waals surface area contributed by atoms with Crippen molar-refractivity contribution in [2.75, 3.05) is 21.3 Å². The standard InChI is InChI=1S/C18H19N3O4/c1-23-15-6-12(7-16(24-2)18(15)25-3)4-5-17(22)21-9-13-8-19-11-20-14(13)10-21/h4-8,11H,9-10H2,1-3H3/b5-4+. The molecule has 0 unspecified atom stereocenters. The number of carbonyl (C=O) groups is 1. The molecule has 0 saturated heterocycles. The van der Waals surface area contributed by atoms with Gasteiger partial charge in [-0.15, -0.1) is 0 Å². The molecule has 0 aliphatic carbocycles. The minimum atomic E-state index is -0.0910. The zero-order valence-electron chi connectivity index (χ0n) is 14.4. The summed E-state index contributed by atoms with van der Waals surface area (Å²) in [7, 11) is 4.66. The molecular weight excluding hydrogens is 322 g/mol. The molecule has 130 valence electrons. The van der Waals surface area contributed by atoms with E-state index >= 15 is 0 Å². The number of carbonyl (C=O) groups excluding carboxylic acids is 1. The summed E-state index contributed by atoms with van der Waals surface area (Å²) < 4.78 is 15.9. The van der Waals surface area contributed by atoms with Gasteiger partial charge in [-0.2, -0.15) is 0 Å². The predicted molar refractivity (Wildman–Crippen MR) is 91.4 cm³/mol. The average molecular weight is 341 g/mol. The third kappa shape index (κ3) is 3.40. The molecule has 25 heavy (non-hydrogen) atoms. The van der Waals surface area contributed by atoms with Gasteiger partial charge in [0.05, 0.1) is 33.6 Å². The van der Waals surface area contributed by atoms with Gasteiger partial charge in [-0.25, -0.2) is 9.97 Å². The first kappa shape index (κ1) is 16.8. The second kappa shape index (κ2) is 7.21. The van der Waals surface area contributed by atoms with Crippen molar-refractivity contribution in [3.8, 4) is 17.2 Å². The lowest BCUT2D eigenvalue weighted by Gasteiger charge is -2.13. The summed E-state index contributed by atoms with van der Waals surface area (Å²) in [6.07, 6.45) is 6.50. The number of benzene rings is 1. The molecule has 7 heteroatoms. The summed E-state index contributed by atoms with van der Waals surface area (Å²) in [6, 6.07) is 3.57. The zero-order chi connectivity index (χ0) is 17.8. The minimum Gasteiger partial charge on any atom is -0.493 e. The number of fused-ring (bicyclic) bond motifs is 1. The van der Waals surface area contributed by atoms with E-state index < -0.39 is 0 Å². The number of rotatable bonds is 5. The van der Waals surface area contributed by atoms with Gasteiger partial charge < -0.3 is 19.1 Å². The van der Waals surface area contributed by atoms with Gasteiger partial charge in [0.15, 0.2) is 11.5 Å². The molecule has 2 heterocycles. The lowest BCUT2D eigenvalue weighted by Crippen LogP contribution is -2.23. The van der Waals surface area contributed by atoms with Crippen LogP contribution < -0.4 is 14.2 Å². The van der Waals surface area contributed by atoms with Crippen molar-refractivity contribution in [3.63, 3.8) is 0 Å².